The second kappa shape index (κ2) is 6.52. The van der Waals surface area contributed by atoms with Gasteiger partial charge in [0.15, 0.2) is 0 Å². The number of nitrogens with zero attached hydrogens (tertiary/aromatic N) is 2. The van der Waals surface area contributed by atoms with Gasteiger partial charge in [0, 0.05) is 19.6 Å². The molecule has 108 valence electrons. The first-order valence-electron chi connectivity index (χ1n) is 6.75. The highest BCUT2D eigenvalue weighted by Crippen LogP contribution is 2.15. The maximum Gasteiger partial charge on any atom is 0.325 e. The summed E-state index contributed by atoms with van der Waals surface area (Å²) in [6.45, 7) is 4.00. The van der Waals surface area contributed by atoms with Crippen LogP contribution in [0.1, 0.15) is 12.5 Å². The summed E-state index contributed by atoms with van der Waals surface area (Å²) in [7, 11) is 1.34. The number of amides is 1. The van der Waals surface area contributed by atoms with Crippen LogP contribution >= 0.6 is 0 Å². The van der Waals surface area contributed by atoms with Crippen LogP contribution in [0.2, 0.25) is 0 Å². The van der Waals surface area contributed by atoms with Gasteiger partial charge in [-0.3, -0.25) is 14.5 Å². The fourth-order valence-electron chi connectivity index (χ4n) is 2.38. The Morgan fingerprint density at radius 1 is 1.30 bits per heavy atom. The zero-order valence-corrected chi connectivity index (χ0v) is 11.9. The number of carbonyl (C=O) groups excluding carboxylic acids is 2. The van der Waals surface area contributed by atoms with Crippen molar-refractivity contribution in [2.45, 2.75) is 19.5 Å². The van der Waals surface area contributed by atoms with E-state index in [1.165, 1.54) is 12.7 Å². The summed E-state index contributed by atoms with van der Waals surface area (Å²) in [6.07, 6.45) is 0. The van der Waals surface area contributed by atoms with Crippen LogP contribution in [0.3, 0.4) is 0 Å². The highest BCUT2D eigenvalue weighted by Gasteiger charge is 2.32. The Kier molecular flexibility index (Phi) is 4.74. The van der Waals surface area contributed by atoms with Gasteiger partial charge in [-0.25, -0.2) is 0 Å². The minimum absolute atomic E-state index is 0.0161. The highest BCUT2D eigenvalue weighted by atomic mass is 16.5. The molecule has 1 saturated heterocycles. The Morgan fingerprint density at radius 2 is 2.00 bits per heavy atom. The number of hydrogen-bond acceptors (Lipinski definition) is 4. The molecule has 1 fully saturated rings. The van der Waals surface area contributed by atoms with E-state index in [1.54, 1.807) is 4.90 Å². The molecule has 20 heavy (non-hydrogen) atoms. The molecule has 1 amide bonds. The molecular weight excluding hydrogens is 256 g/mol. The Morgan fingerprint density at radius 3 is 2.65 bits per heavy atom. The summed E-state index contributed by atoms with van der Waals surface area (Å²) in [5, 5.41) is 0. The highest BCUT2D eigenvalue weighted by molar-refractivity contribution is 5.86. The summed E-state index contributed by atoms with van der Waals surface area (Å²) in [5.41, 5.74) is 1.19. The molecule has 0 bridgehead atoms. The lowest BCUT2D eigenvalue weighted by atomic mass is 10.1. The Hall–Kier alpha value is -1.88. The second-order valence-corrected chi connectivity index (χ2v) is 4.97. The van der Waals surface area contributed by atoms with Crippen LogP contribution in [0.4, 0.5) is 0 Å². The number of rotatable bonds is 4. The number of ether oxygens (including phenoxy) is 1. The third-order valence-electron chi connectivity index (χ3n) is 3.65. The molecule has 0 spiro atoms. The maximum atomic E-state index is 12.3. The molecule has 1 unspecified atom stereocenters. The number of methoxy groups -OCH3 is 1. The summed E-state index contributed by atoms with van der Waals surface area (Å²) < 4.78 is 4.61. The van der Waals surface area contributed by atoms with Crippen molar-refractivity contribution in [1.29, 1.82) is 0 Å². The molecule has 5 nitrogen and oxygen atoms in total. The average Bonchev–Trinajstić information content (AvgIpc) is 2.48. The summed E-state index contributed by atoms with van der Waals surface area (Å²) >= 11 is 0. The number of hydrogen-bond donors (Lipinski definition) is 0. The third kappa shape index (κ3) is 3.36. The lowest BCUT2D eigenvalue weighted by Gasteiger charge is -2.38. The van der Waals surface area contributed by atoms with Gasteiger partial charge in [-0.2, -0.15) is 0 Å². The smallest absolute Gasteiger partial charge is 0.325 e. The third-order valence-corrected chi connectivity index (χ3v) is 3.65. The van der Waals surface area contributed by atoms with Gasteiger partial charge < -0.3 is 9.64 Å². The molecular formula is C15H20N2O3. The van der Waals surface area contributed by atoms with Crippen molar-refractivity contribution < 1.29 is 14.3 Å². The fraction of sp³-hybridized carbons (Fsp3) is 0.467. The van der Waals surface area contributed by atoms with E-state index in [2.05, 4.69) is 21.8 Å². The van der Waals surface area contributed by atoms with E-state index in [0.29, 0.717) is 6.54 Å². The summed E-state index contributed by atoms with van der Waals surface area (Å²) in [4.78, 5) is 27.2. The van der Waals surface area contributed by atoms with Crippen LogP contribution in [0.5, 0.6) is 0 Å². The van der Waals surface area contributed by atoms with Crippen molar-refractivity contribution >= 4 is 11.9 Å². The number of benzene rings is 1. The van der Waals surface area contributed by atoms with E-state index in [-0.39, 0.29) is 24.5 Å². The lowest BCUT2D eigenvalue weighted by Crippen LogP contribution is -2.56. The first-order chi connectivity index (χ1) is 9.61. The van der Waals surface area contributed by atoms with Gasteiger partial charge in [0.25, 0.3) is 0 Å². The van der Waals surface area contributed by atoms with Gasteiger partial charge >= 0.3 is 5.97 Å². The first-order valence-corrected chi connectivity index (χ1v) is 6.75. The number of piperazine rings is 1. The molecule has 1 aromatic rings. The SMILES string of the molecule is COC(=O)CN1CCN(Cc2ccccc2)C(C)C1=O. The van der Waals surface area contributed by atoms with E-state index < -0.39 is 0 Å². The zero-order valence-electron chi connectivity index (χ0n) is 11.9. The zero-order chi connectivity index (χ0) is 14.5. The van der Waals surface area contributed by atoms with Crippen molar-refractivity contribution in [1.82, 2.24) is 9.80 Å². The summed E-state index contributed by atoms with van der Waals surface area (Å²) in [6, 6.07) is 9.86. The minimum atomic E-state index is -0.373. The molecule has 1 aromatic carbocycles. The molecule has 0 radical (unpaired) electrons. The molecule has 1 aliphatic rings. The molecule has 0 saturated carbocycles. The normalized spacial score (nSPS) is 20.0. The molecule has 0 aromatic heterocycles. The van der Waals surface area contributed by atoms with Crippen molar-refractivity contribution in [3.05, 3.63) is 35.9 Å². The molecule has 1 heterocycles. The van der Waals surface area contributed by atoms with Crippen molar-refractivity contribution in [3.8, 4) is 0 Å². The Balaban J connectivity index is 1.96. The van der Waals surface area contributed by atoms with Gasteiger partial charge in [0.1, 0.15) is 6.54 Å². The van der Waals surface area contributed by atoms with Crippen molar-refractivity contribution in [2.24, 2.45) is 0 Å². The molecule has 1 atom stereocenters. The summed E-state index contributed by atoms with van der Waals surface area (Å²) in [5.74, 6) is -0.389. The van der Waals surface area contributed by atoms with E-state index >= 15 is 0 Å². The second-order valence-electron chi connectivity index (χ2n) is 4.97. The lowest BCUT2D eigenvalue weighted by molar-refractivity contribution is -0.151. The minimum Gasteiger partial charge on any atom is -0.468 e. The number of carbonyl (C=O) groups is 2. The van der Waals surface area contributed by atoms with Gasteiger partial charge in [0.05, 0.1) is 13.2 Å². The monoisotopic (exact) mass is 276 g/mol. The van der Waals surface area contributed by atoms with Gasteiger partial charge in [-0.05, 0) is 12.5 Å². The van der Waals surface area contributed by atoms with E-state index in [9.17, 15) is 9.59 Å². The predicted molar refractivity (Wildman–Crippen MR) is 74.9 cm³/mol. The van der Waals surface area contributed by atoms with Gasteiger partial charge in [-0.15, -0.1) is 0 Å². The average molecular weight is 276 g/mol. The molecule has 2 rings (SSSR count). The molecule has 0 aliphatic carbocycles. The maximum absolute atomic E-state index is 12.3. The first kappa shape index (κ1) is 14.5. The van der Waals surface area contributed by atoms with Crippen LogP contribution < -0.4 is 0 Å². The topological polar surface area (TPSA) is 49.9 Å². The van der Waals surface area contributed by atoms with Crippen LogP contribution in [0.15, 0.2) is 30.3 Å². The number of esters is 1. The standard InChI is InChI=1S/C15H20N2O3/c1-12-15(19)17(11-14(18)20-2)9-8-16(12)10-13-6-4-3-5-7-13/h3-7,12H,8-11H2,1-2H3. The predicted octanol–water partition coefficient (Wildman–Crippen LogP) is 0.892. The molecule has 1 aliphatic heterocycles. The van der Waals surface area contributed by atoms with E-state index in [4.69, 9.17) is 0 Å². The fourth-order valence-corrected chi connectivity index (χ4v) is 2.38. The van der Waals surface area contributed by atoms with Crippen molar-refractivity contribution in [2.75, 3.05) is 26.7 Å². The molecule has 5 heteroatoms. The van der Waals surface area contributed by atoms with Crippen LogP contribution in [-0.4, -0.2) is 54.5 Å². The van der Waals surface area contributed by atoms with Gasteiger partial charge in [0.2, 0.25) is 5.91 Å². The van der Waals surface area contributed by atoms with E-state index in [0.717, 1.165) is 13.1 Å². The van der Waals surface area contributed by atoms with Crippen LogP contribution in [0, 0.1) is 0 Å². The van der Waals surface area contributed by atoms with Crippen LogP contribution in [-0.2, 0) is 20.9 Å². The Labute approximate surface area is 119 Å². The molecule has 0 N–H and O–H groups in total. The largest absolute Gasteiger partial charge is 0.468 e. The van der Waals surface area contributed by atoms with E-state index in [1.807, 2.05) is 25.1 Å². The van der Waals surface area contributed by atoms with Crippen molar-refractivity contribution in [3.63, 3.8) is 0 Å². The van der Waals surface area contributed by atoms with Gasteiger partial charge in [-0.1, -0.05) is 30.3 Å². The quantitative estimate of drug-likeness (QED) is 0.766. The van der Waals surface area contributed by atoms with Crippen LogP contribution in [0.25, 0.3) is 0 Å². The Bertz CT molecular complexity index is 475.